The monoisotopic (exact) mass is 155 g/mol. The van der Waals surface area contributed by atoms with Crippen molar-refractivity contribution in [3.63, 3.8) is 0 Å². The van der Waals surface area contributed by atoms with Crippen molar-refractivity contribution >= 4 is 11.7 Å². The van der Waals surface area contributed by atoms with E-state index >= 15 is 0 Å². The molecule has 0 unspecified atom stereocenters. The summed E-state index contributed by atoms with van der Waals surface area (Å²) < 4.78 is 0. The van der Waals surface area contributed by atoms with Crippen LogP contribution in [0.2, 0.25) is 0 Å². The molecule has 3 heteroatoms. The van der Waals surface area contributed by atoms with Crippen LogP contribution < -0.4 is 5.32 Å². The first-order valence-electron chi connectivity index (χ1n) is 4.03. The number of hydrogen-bond donors (Lipinski definition) is 1. The standard InChI is InChI=1S/C8H13NO2/c1-2-7(10)6-3-4-9-8(11)5-6/h6H,2-5H2,1H3,(H,9,11)/t6-/m1/s1. The summed E-state index contributed by atoms with van der Waals surface area (Å²) in [4.78, 5) is 22.0. The van der Waals surface area contributed by atoms with Crippen LogP contribution in [0.5, 0.6) is 0 Å². The van der Waals surface area contributed by atoms with Crippen LogP contribution in [0.25, 0.3) is 0 Å². The van der Waals surface area contributed by atoms with Crippen molar-refractivity contribution in [2.24, 2.45) is 5.92 Å². The molecule has 1 rings (SSSR count). The lowest BCUT2D eigenvalue weighted by atomic mass is 9.92. The smallest absolute Gasteiger partial charge is 0.220 e. The molecule has 0 aliphatic carbocycles. The quantitative estimate of drug-likeness (QED) is 0.631. The molecule has 1 amide bonds. The maximum Gasteiger partial charge on any atom is 0.220 e. The summed E-state index contributed by atoms with van der Waals surface area (Å²) in [5.74, 6) is 0.233. The summed E-state index contributed by atoms with van der Waals surface area (Å²) in [6.07, 6.45) is 1.77. The van der Waals surface area contributed by atoms with Crippen LogP contribution in [0.15, 0.2) is 0 Å². The topological polar surface area (TPSA) is 46.2 Å². The zero-order chi connectivity index (χ0) is 8.27. The Labute approximate surface area is 66.2 Å². The fraction of sp³-hybridized carbons (Fsp3) is 0.750. The Balaban J connectivity index is 2.45. The number of carbonyl (C=O) groups is 2. The van der Waals surface area contributed by atoms with Gasteiger partial charge in [0, 0.05) is 25.3 Å². The van der Waals surface area contributed by atoms with Crippen molar-refractivity contribution in [3.05, 3.63) is 0 Å². The minimum atomic E-state index is -0.00579. The molecule has 1 aliphatic rings. The fourth-order valence-electron chi connectivity index (χ4n) is 1.35. The maximum absolute atomic E-state index is 11.1. The highest BCUT2D eigenvalue weighted by Gasteiger charge is 2.23. The highest BCUT2D eigenvalue weighted by atomic mass is 16.2. The third-order valence-electron chi connectivity index (χ3n) is 2.05. The zero-order valence-corrected chi connectivity index (χ0v) is 6.72. The van der Waals surface area contributed by atoms with Crippen molar-refractivity contribution in [1.29, 1.82) is 0 Å². The third kappa shape index (κ3) is 2.03. The number of Topliss-reactive ketones (excluding diaryl/α,β-unsaturated/α-hetero) is 1. The molecule has 0 saturated carbocycles. The molecule has 0 aromatic carbocycles. The van der Waals surface area contributed by atoms with Crippen molar-refractivity contribution in [2.75, 3.05) is 6.54 Å². The summed E-state index contributed by atoms with van der Waals surface area (Å²) in [6, 6.07) is 0. The van der Waals surface area contributed by atoms with Crippen molar-refractivity contribution in [1.82, 2.24) is 5.32 Å². The Morgan fingerprint density at radius 2 is 2.45 bits per heavy atom. The summed E-state index contributed by atoms with van der Waals surface area (Å²) in [5.41, 5.74) is 0. The van der Waals surface area contributed by atoms with Gasteiger partial charge in [-0.3, -0.25) is 9.59 Å². The van der Waals surface area contributed by atoms with Crippen molar-refractivity contribution < 1.29 is 9.59 Å². The van der Waals surface area contributed by atoms with Gasteiger partial charge in [-0.15, -0.1) is 0 Å². The third-order valence-corrected chi connectivity index (χ3v) is 2.05. The van der Waals surface area contributed by atoms with Gasteiger partial charge >= 0.3 is 0 Å². The zero-order valence-electron chi connectivity index (χ0n) is 6.72. The van der Waals surface area contributed by atoms with E-state index in [0.29, 0.717) is 19.4 Å². The minimum Gasteiger partial charge on any atom is -0.356 e. The predicted molar refractivity (Wildman–Crippen MR) is 41.0 cm³/mol. The van der Waals surface area contributed by atoms with Crippen LogP contribution in [0.3, 0.4) is 0 Å². The van der Waals surface area contributed by atoms with Gasteiger partial charge in [0.25, 0.3) is 0 Å². The number of carbonyl (C=O) groups excluding carboxylic acids is 2. The van der Waals surface area contributed by atoms with Gasteiger partial charge < -0.3 is 5.32 Å². The molecule has 0 spiro atoms. The molecule has 1 heterocycles. The van der Waals surface area contributed by atoms with Crippen LogP contribution in [-0.4, -0.2) is 18.2 Å². The lowest BCUT2D eigenvalue weighted by Crippen LogP contribution is -2.36. The van der Waals surface area contributed by atoms with E-state index in [2.05, 4.69) is 5.32 Å². The average molecular weight is 155 g/mol. The lowest BCUT2D eigenvalue weighted by Gasteiger charge is -2.19. The molecule has 11 heavy (non-hydrogen) atoms. The molecule has 0 aromatic heterocycles. The van der Waals surface area contributed by atoms with E-state index in [1.54, 1.807) is 0 Å². The number of ketones is 1. The number of rotatable bonds is 2. The van der Waals surface area contributed by atoms with Gasteiger partial charge in [0.2, 0.25) is 5.91 Å². The number of hydrogen-bond acceptors (Lipinski definition) is 2. The SMILES string of the molecule is CCC(=O)[C@@H]1CCNC(=O)C1. The van der Waals surface area contributed by atoms with Crippen LogP contribution in [0, 0.1) is 5.92 Å². The van der Waals surface area contributed by atoms with E-state index in [-0.39, 0.29) is 17.6 Å². The Kier molecular flexibility index (Phi) is 2.63. The van der Waals surface area contributed by atoms with Gasteiger partial charge in [-0.1, -0.05) is 6.92 Å². The summed E-state index contributed by atoms with van der Waals surface area (Å²) in [6.45, 7) is 2.50. The largest absolute Gasteiger partial charge is 0.356 e. The van der Waals surface area contributed by atoms with Crippen molar-refractivity contribution in [2.45, 2.75) is 26.2 Å². The normalized spacial score (nSPS) is 24.5. The number of nitrogens with one attached hydrogen (secondary N) is 1. The van der Waals surface area contributed by atoms with Crippen LogP contribution in [0.4, 0.5) is 0 Å². The Morgan fingerprint density at radius 3 is 3.00 bits per heavy atom. The van der Waals surface area contributed by atoms with Gasteiger partial charge in [-0.2, -0.15) is 0 Å². The van der Waals surface area contributed by atoms with E-state index in [1.165, 1.54) is 0 Å². The first kappa shape index (κ1) is 8.24. The molecule has 1 saturated heterocycles. The first-order valence-corrected chi connectivity index (χ1v) is 4.03. The molecule has 1 N–H and O–H groups in total. The van der Waals surface area contributed by atoms with E-state index in [9.17, 15) is 9.59 Å². The summed E-state index contributed by atoms with van der Waals surface area (Å²) >= 11 is 0. The molecule has 3 nitrogen and oxygen atoms in total. The molecular weight excluding hydrogens is 142 g/mol. The fourth-order valence-corrected chi connectivity index (χ4v) is 1.35. The predicted octanol–water partition coefficient (Wildman–Crippen LogP) is 0.492. The van der Waals surface area contributed by atoms with Gasteiger partial charge in [0.1, 0.15) is 5.78 Å². The number of piperidine rings is 1. The Morgan fingerprint density at radius 1 is 1.73 bits per heavy atom. The Bertz CT molecular complexity index is 177. The van der Waals surface area contributed by atoms with E-state index in [1.807, 2.05) is 6.92 Å². The Hall–Kier alpha value is -0.860. The molecule has 1 aliphatic heterocycles. The van der Waals surface area contributed by atoms with Gasteiger partial charge in [0.15, 0.2) is 0 Å². The van der Waals surface area contributed by atoms with Gasteiger partial charge in [-0.25, -0.2) is 0 Å². The summed E-state index contributed by atoms with van der Waals surface area (Å²) in [7, 11) is 0. The molecular formula is C8H13NO2. The first-order chi connectivity index (χ1) is 5.24. The van der Waals surface area contributed by atoms with Crippen LogP contribution in [-0.2, 0) is 9.59 Å². The molecule has 1 atom stereocenters. The average Bonchev–Trinajstić information content (AvgIpc) is 2.03. The van der Waals surface area contributed by atoms with Crippen molar-refractivity contribution in [3.8, 4) is 0 Å². The van der Waals surface area contributed by atoms with Crippen LogP contribution in [0.1, 0.15) is 26.2 Å². The lowest BCUT2D eigenvalue weighted by molar-refractivity contribution is -0.130. The molecule has 0 bridgehead atoms. The minimum absolute atomic E-state index is 0.00579. The van der Waals surface area contributed by atoms with E-state index < -0.39 is 0 Å². The maximum atomic E-state index is 11.1. The second-order valence-corrected chi connectivity index (χ2v) is 2.86. The van der Waals surface area contributed by atoms with Gasteiger partial charge in [0.05, 0.1) is 0 Å². The second kappa shape index (κ2) is 3.51. The van der Waals surface area contributed by atoms with E-state index in [4.69, 9.17) is 0 Å². The van der Waals surface area contributed by atoms with Crippen LogP contribution >= 0.6 is 0 Å². The van der Waals surface area contributed by atoms with E-state index in [0.717, 1.165) is 6.42 Å². The molecule has 0 aromatic rings. The number of amides is 1. The molecule has 0 radical (unpaired) electrons. The highest BCUT2D eigenvalue weighted by molar-refractivity contribution is 5.87. The summed E-state index contributed by atoms with van der Waals surface area (Å²) in [5, 5.41) is 2.70. The highest BCUT2D eigenvalue weighted by Crippen LogP contribution is 2.14. The molecule has 62 valence electrons. The van der Waals surface area contributed by atoms with Gasteiger partial charge in [-0.05, 0) is 6.42 Å². The molecule has 1 fully saturated rings. The second-order valence-electron chi connectivity index (χ2n) is 2.86.